The van der Waals surface area contributed by atoms with Gasteiger partial charge in [-0.2, -0.15) is 0 Å². The minimum absolute atomic E-state index is 0.643. The van der Waals surface area contributed by atoms with Gasteiger partial charge >= 0.3 is 6.04 Å². The molecule has 0 spiro atoms. The third-order valence-electron chi connectivity index (χ3n) is 2.30. The van der Waals surface area contributed by atoms with Crippen molar-refractivity contribution in [3.63, 3.8) is 0 Å². The molecule has 14 heavy (non-hydrogen) atoms. The molecule has 2 heteroatoms. The SMILES string of the molecule is [C-]#[N+]C(C=O)c1c(C)cc(C)cc1C. The monoisotopic (exact) mass is 187 g/mol. The summed E-state index contributed by atoms with van der Waals surface area (Å²) < 4.78 is 0. The molecule has 0 heterocycles. The fourth-order valence-electron chi connectivity index (χ4n) is 1.82. The second-order valence-corrected chi connectivity index (χ2v) is 3.52. The van der Waals surface area contributed by atoms with Gasteiger partial charge in [-0.05, 0) is 31.9 Å². The van der Waals surface area contributed by atoms with Crippen molar-refractivity contribution < 1.29 is 4.79 Å². The lowest BCUT2D eigenvalue weighted by molar-refractivity contribution is -0.108. The van der Waals surface area contributed by atoms with Gasteiger partial charge in [0.2, 0.25) is 6.29 Å². The smallest absolute Gasteiger partial charge is 0.300 e. The number of hydrogen-bond acceptors (Lipinski definition) is 1. The van der Waals surface area contributed by atoms with E-state index in [9.17, 15) is 4.79 Å². The largest absolute Gasteiger partial charge is 0.303 e. The predicted molar refractivity (Wildman–Crippen MR) is 56.1 cm³/mol. The Morgan fingerprint density at radius 2 is 1.79 bits per heavy atom. The van der Waals surface area contributed by atoms with E-state index in [2.05, 4.69) is 4.85 Å². The third-order valence-corrected chi connectivity index (χ3v) is 2.30. The summed E-state index contributed by atoms with van der Waals surface area (Å²) in [5.41, 5.74) is 4.07. The summed E-state index contributed by atoms with van der Waals surface area (Å²) in [7, 11) is 0. The van der Waals surface area contributed by atoms with Crippen LogP contribution < -0.4 is 0 Å². The van der Waals surface area contributed by atoms with E-state index < -0.39 is 6.04 Å². The normalized spacial score (nSPS) is 11.9. The Bertz CT molecular complexity index is 378. The molecule has 0 radical (unpaired) electrons. The fraction of sp³-hybridized carbons (Fsp3) is 0.333. The van der Waals surface area contributed by atoms with Gasteiger partial charge in [-0.1, -0.05) is 17.7 Å². The second-order valence-electron chi connectivity index (χ2n) is 3.52. The van der Waals surface area contributed by atoms with Gasteiger partial charge in [0.15, 0.2) is 0 Å². The molecule has 0 saturated heterocycles. The van der Waals surface area contributed by atoms with E-state index in [0.29, 0.717) is 6.29 Å². The number of carbonyl (C=O) groups excluding carboxylic acids is 1. The van der Waals surface area contributed by atoms with E-state index >= 15 is 0 Å². The van der Waals surface area contributed by atoms with Gasteiger partial charge in [0.05, 0.1) is 0 Å². The fourth-order valence-corrected chi connectivity index (χ4v) is 1.82. The first kappa shape index (κ1) is 10.5. The summed E-state index contributed by atoms with van der Waals surface area (Å²) >= 11 is 0. The number of nitrogens with zero attached hydrogens (tertiary/aromatic N) is 1. The highest BCUT2D eigenvalue weighted by Crippen LogP contribution is 2.24. The van der Waals surface area contributed by atoms with E-state index in [1.54, 1.807) is 0 Å². The number of benzene rings is 1. The van der Waals surface area contributed by atoms with Crippen molar-refractivity contribution in [2.45, 2.75) is 26.8 Å². The van der Waals surface area contributed by atoms with Gasteiger partial charge < -0.3 is 4.85 Å². The summed E-state index contributed by atoms with van der Waals surface area (Å²) in [6, 6.07) is 3.36. The summed E-state index contributed by atoms with van der Waals surface area (Å²) in [6.45, 7) is 12.8. The molecule has 1 rings (SSSR count). The molecule has 0 aliphatic rings. The minimum Gasteiger partial charge on any atom is -0.300 e. The van der Waals surface area contributed by atoms with Gasteiger partial charge in [0, 0.05) is 5.56 Å². The number of hydrogen-bond donors (Lipinski definition) is 0. The molecule has 1 aromatic rings. The Morgan fingerprint density at radius 3 is 2.14 bits per heavy atom. The highest BCUT2D eigenvalue weighted by atomic mass is 16.1. The van der Waals surface area contributed by atoms with Crippen molar-refractivity contribution >= 4 is 6.29 Å². The zero-order chi connectivity index (χ0) is 10.7. The maximum atomic E-state index is 10.7. The first-order valence-corrected chi connectivity index (χ1v) is 4.49. The van der Waals surface area contributed by atoms with Crippen molar-refractivity contribution in [2.75, 3.05) is 0 Å². The standard InChI is InChI=1S/C12H13NO/c1-8-5-9(2)12(10(3)6-8)11(7-14)13-4/h5-7,11H,1-3H3. The summed E-state index contributed by atoms with van der Waals surface area (Å²) in [4.78, 5) is 14.0. The molecule has 0 N–H and O–H groups in total. The van der Waals surface area contributed by atoms with Gasteiger partial charge in [0.25, 0.3) is 0 Å². The molecule has 0 amide bonds. The Labute approximate surface area is 84.4 Å². The molecule has 2 nitrogen and oxygen atoms in total. The zero-order valence-corrected chi connectivity index (χ0v) is 8.66. The maximum absolute atomic E-state index is 10.7. The second kappa shape index (κ2) is 4.06. The van der Waals surface area contributed by atoms with Crippen LogP contribution in [0.25, 0.3) is 4.85 Å². The van der Waals surface area contributed by atoms with Crippen molar-refractivity contribution in [1.29, 1.82) is 0 Å². The Balaban J connectivity index is 3.35. The van der Waals surface area contributed by atoms with Gasteiger partial charge in [0.1, 0.15) is 0 Å². The van der Waals surface area contributed by atoms with Crippen molar-refractivity contribution in [3.8, 4) is 0 Å². The highest BCUT2D eigenvalue weighted by Gasteiger charge is 2.19. The van der Waals surface area contributed by atoms with Crippen LogP contribution in [0.1, 0.15) is 28.3 Å². The quantitative estimate of drug-likeness (QED) is 0.515. The van der Waals surface area contributed by atoms with Crippen LogP contribution in [0.2, 0.25) is 0 Å². The summed E-state index contributed by atoms with van der Waals surface area (Å²) in [6.07, 6.45) is 0.706. The van der Waals surface area contributed by atoms with Crippen LogP contribution in [0.3, 0.4) is 0 Å². The van der Waals surface area contributed by atoms with Gasteiger partial charge in [-0.25, -0.2) is 6.57 Å². The highest BCUT2D eigenvalue weighted by molar-refractivity contribution is 5.66. The van der Waals surface area contributed by atoms with Crippen LogP contribution in [0, 0.1) is 27.3 Å². The molecular formula is C12H13NO. The summed E-state index contributed by atoms with van der Waals surface area (Å²) in [5.74, 6) is 0. The molecular weight excluding hydrogens is 174 g/mol. The molecule has 0 saturated carbocycles. The number of aryl methyl sites for hydroxylation is 3. The molecule has 1 unspecified atom stereocenters. The average molecular weight is 187 g/mol. The number of rotatable bonds is 2. The van der Waals surface area contributed by atoms with E-state index in [1.165, 1.54) is 5.56 Å². The summed E-state index contributed by atoms with van der Waals surface area (Å²) in [5, 5.41) is 0. The Morgan fingerprint density at radius 1 is 1.29 bits per heavy atom. The van der Waals surface area contributed by atoms with Crippen LogP contribution in [-0.2, 0) is 4.79 Å². The number of carbonyl (C=O) groups is 1. The van der Waals surface area contributed by atoms with Crippen molar-refractivity contribution in [1.82, 2.24) is 0 Å². The first-order valence-electron chi connectivity index (χ1n) is 4.49. The van der Waals surface area contributed by atoms with Crippen LogP contribution in [0.15, 0.2) is 12.1 Å². The lowest BCUT2D eigenvalue weighted by Gasteiger charge is -2.09. The van der Waals surface area contributed by atoms with Crippen LogP contribution in [0.4, 0.5) is 0 Å². The molecule has 72 valence electrons. The van der Waals surface area contributed by atoms with Crippen molar-refractivity contribution in [2.24, 2.45) is 0 Å². The Kier molecular flexibility index (Phi) is 3.03. The maximum Gasteiger partial charge on any atom is 0.303 e. The molecule has 1 atom stereocenters. The lowest BCUT2D eigenvalue weighted by Crippen LogP contribution is -2.01. The van der Waals surface area contributed by atoms with E-state index in [0.717, 1.165) is 16.7 Å². The van der Waals surface area contributed by atoms with Gasteiger partial charge in [-0.3, -0.25) is 4.79 Å². The van der Waals surface area contributed by atoms with E-state index in [4.69, 9.17) is 6.57 Å². The molecule has 0 bridgehead atoms. The van der Waals surface area contributed by atoms with Crippen molar-refractivity contribution in [3.05, 3.63) is 45.8 Å². The Hall–Kier alpha value is -1.62. The number of aldehydes is 1. The van der Waals surface area contributed by atoms with Crippen LogP contribution >= 0.6 is 0 Å². The van der Waals surface area contributed by atoms with E-state index in [-0.39, 0.29) is 0 Å². The first-order chi connectivity index (χ1) is 6.60. The van der Waals surface area contributed by atoms with Crippen LogP contribution in [0.5, 0.6) is 0 Å². The van der Waals surface area contributed by atoms with Crippen LogP contribution in [-0.4, -0.2) is 6.29 Å². The van der Waals surface area contributed by atoms with E-state index in [1.807, 2.05) is 32.9 Å². The molecule has 1 aromatic carbocycles. The molecule has 0 aliphatic heterocycles. The topological polar surface area (TPSA) is 21.4 Å². The molecule has 0 aromatic heterocycles. The lowest BCUT2D eigenvalue weighted by atomic mass is 9.95. The predicted octanol–water partition coefficient (Wildman–Crippen LogP) is 2.77. The minimum atomic E-state index is -0.643. The molecule has 0 fully saturated rings. The third kappa shape index (κ3) is 1.82. The molecule has 0 aliphatic carbocycles. The van der Waals surface area contributed by atoms with Gasteiger partial charge in [-0.15, -0.1) is 0 Å². The average Bonchev–Trinajstić information content (AvgIpc) is 2.10. The zero-order valence-electron chi connectivity index (χ0n) is 8.66.